The highest BCUT2D eigenvalue weighted by atomic mass is 16.5. The first-order valence-corrected chi connectivity index (χ1v) is 6.56. The van der Waals surface area contributed by atoms with Gasteiger partial charge in [-0.3, -0.25) is 4.79 Å². The van der Waals surface area contributed by atoms with Gasteiger partial charge >= 0.3 is 5.97 Å². The van der Waals surface area contributed by atoms with Crippen molar-refractivity contribution in [2.45, 2.75) is 6.61 Å². The van der Waals surface area contributed by atoms with Gasteiger partial charge in [0, 0.05) is 10.9 Å². The van der Waals surface area contributed by atoms with E-state index in [0.717, 1.165) is 16.5 Å². The Morgan fingerprint density at radius 3 is 2.52 bits per heavy atom. The molecular weight excluding hydrogens is 266 g/mol. The molecule has 0 fully saturated rings. The third-order valence-corrected chi connectivity index (χ3v) is 3.28. The lowest BCUT2D eigenvalue weighted by Crippen LogP contribution is -2.08. The fourth-order valence-electron chi connectivity index (χ4n) is 2.24. The first-order valence-electron chi connectivity index (χ1n) is 6.56. The van der Waals surface area contributed by atoms with Crippen LogP contribution >= 0.6 is 0 Å². The maximum Gasteiger partial charge on any atom is 0.355 e. The normalized spacial score (nSPS) is 10.5. The average Bonchev–Trinajstić information content (AvgIpc) is 2.92. The molecule has 1 aromatic heterocycles. The van der Waals surface area contributed by atoms with Gasteiger partial charge in [-0.05, 0) is 11.6 Å². The molecule has 0 radical (unpaired) electrons. The smallest absolute Gasteiger partial charge is 0.355 e. The Bertz CT molecular complexity index is 790. The highest BCUT2D eigenvalue weighted by Gasteiger charge is 2.18. The number of hydrogen-bond acceptors (Lipinski definition) is 3. The summed E-state index contributed by atoms with van der Waals surface area (Å²) in [6.45, 7) is 0.174. The SMILES string of the molecule is O=Cc1c(C(=O)OCc2ccccc2)[nH]c2ccccc12. The van der Waals surface area contributed by atoms with Crippen LogP contribution in [0, 0.1) is 0 Å². The van der Waals surface area contributed by atoms with Crippen LogP contribution in [0.4, 0.5) is 0 Å². The lowest BCUT2D eigenvalue weighted by atomic mass is 10.1. The Morgan fingerprint density at radius 1 is 1.05 bits per heavy atom. The maximum absolute atomic E-state index is 12.2. The van der Waals surface area contributed by atoms with Gasteiger partial charge in [0.2, 0.25) is 0 Å². The number of carbonyl (C=O) groups is 2. The summed E-state index contributed by atoms with van der Waals surface area (Å²) in [7, 11) is 0. The van der Waals surface area contributed by atoms with E-state index in [1.807, 2.05) is 48.5 Å². The van der Waals surface area contributed by atoms with E-state index in [0.29, 0.717) is 11.8 Å². The molecule has 4 heteroatoms. The molecular formula is C17H13NO3. The minimum Gasteiger partial charge on any atom is -0.456 e. The van der Waals surface area contributed by atoms with Crippen molar-refractivity contribution >= 4 is 23.2 Å². The van der Waals surface area contributed by atoms with Gasteiger partial charge in [-0.1, -0.05) is 48.5 Å². The summed E-state index contributed by atoms with van der Waals surface area (Å²) in [6, 6.07) is 16.7. The fraction of sp³-hybridized carbons (Fsp3) is 0.0588. The summed E-state index contributed by atoms with van der Waals surface area (Å²) in [6.07, 6.45) is 0.679. The average molecular weight is 279 g/mol. The Labute approximate surface area is 121 Å². The number of aldehydes is 1. The summed E-state index contributed by atoms with van der Waals surface area (Å²) >= 11 is 0. The molecule has 104 valence electrons. The molecule has 2 aromatic carbocycles. The predicted octanol–water partition coefficient (Wildman–Crippen LogP) is 3.34. The van der Waals surface area contributed by atoms with Crippen LogP contribution < -0.4 is 0 Å². The quantitative estimate of drug-likeness (QED) is 0.588. The second-order valence-corrected chi connectivity index (χ2v) is 4.64. The van der Waals surface area contributed by atoms with E-state index in [2.05, 4.69) is 4.98 Å². The number of rotatable bonds is 4. The highest BCUT2D eigenvalue weighted by Crippen LogP contribution is 2.21. The van der Waals surface area contributed by atoms with Gasteiger partial charge in [0.05, 0.1) is 5.56 Å². The van der Waals surface area contributed by atoms with Crippen molar-refractivity contribution in [3.8, 4) is 0 Å². The van der Waals surface area contributed by atoms with Crippen LogP contribution in [0.2, 0.25) is 0 Å². The molecule has 1 N–H and O–H groups in total. The maximum atomic E-state index is 12.2. The monoisotopic (exact) mass is 279 g/mol. The number of nitrogens with one attached hydrogen (secondary N) is 1. The molecule has 21 heavy (non-hydrogen) atoms. The number of fused-ring (bicyclic) bond motifs is 1. The van der Waals surface area contributed by atoms with Gasteiger partial charge in [-0.15, -0.1) is 0 Å². The molecule has 0 saturated heterocycles. The predicted molar refractivity (Wildman–Crippen MR) is 79.2 cm³/mol. The van der Waals surface area contributed by atoms with E-state index >= 15 is 0 Å². The zero-order valence-corrected chi connectivity index (χ0v) is 11.2. The number of aromatic nitrogens is 1. The number of para-hydroxylation sites is 1. The molecule has 0 aliphatic rings. The summed E-state index contributed by atoms with van der Waals surface area (Å²) in [5.74, 6) is -0.530. The van der Waals surface area contributed by atoms with E-state index in [1.54, 1.807) is 6.07 Å². The number of hydrogen-bond donors (Lipinski definition) is 1. The van der Waals surface area contributed by atoms with Crippen LogP contribution in [0.25, 0.3) is 10.9 Å². The molecule has 1 heterocycles. The third-order valence-electron chi connectivity index (χ3n) is 3.28. The van der Waals surface area contributed by atoms with Crippen molar-refractivity contribution in [3.05, 3.63) is 71.4 Å². The van der Waals surface area contributed by atoms with E-state index in [9.17, 15) is 9.59 Å². The summed E-state index contributed by atoms with van der Waals surface area (Å²) < 4.78 is 5.26. The molecule has 0 aliphatic carbocycles. The van der Waals surface area contributed by atoms with Gasteiger partial charge in [0.1, 0.15) is 12.3 Å². The second-order valence-electron chi connectivity index (χ2n) is 4.64. The number of H-pyrrole nitrogens is 1. The first-order chi connectivity index (χ1) is 10.3. The molecule has 3 rings (SSSR count). The molecule has 0 aliphatic heterocycles. The van der Waals surface area contributed by atoms with Gasteiger partial charge in [-0.25, -0.2) is 4.79 Å². The van der Waals surface area contributed by atoms with E-state index in [4.69, 9.17) is 4.74 Å². The van der Waals surface area contributed by atoms with Crippen LogP contribution in [0.5, 0.6) is 0 Å². The Hall–Kier alpha value is -2.88. The number of esters is 1. The Morgan fingerprint density at radius 2 is 1.76 bits per heavy atom. The standard InChI is InChI=1S/C17H13NO3/c19-10-14-13-8-4-5-9-15(13)18-16(14)17(20)21-11-12-6-2-1-3-7-12/h1-10,18H,11H2. The number of ether oxygens (including phenoxy) is 1. The Balaban J connectivity index is 1.86. The van der Waals surface area contributed by atoms with E-state index in [1.165, 1.54) is 0 Å². The molecule has 0 saturated carbocycles. The lowest BCUT2D eigenvalue weighted by molar-refractivity contribution is 0.0465. The van der Waals surface area contributed by atoms with Crippen molar-refractivity contribution in [3.63, 3.8) is 0 Å². The van der Waals surface area contributed by atoms with Gasteiger partial charge < -0.3 is 9.72 Å². The van der Waals surface area contributed by atoms with Crippen LogP contribution in [0.15, 0.2) is 54.6 Å². The van der Waals surface area contributed by atoms with Gasteiger partial charge in [0.25, 0.3) is 0 Å². The topological polar surface area (TPSA) is 59.2 Å². The largest absolute Gasteiger partial charge is 0.456 e. The van der Waals surface area contributed by atoms with Gasteiger partial charge in [0.15, 0.2) is 6.29 Å². The fourth-order valence-corrected chi connectivity index (χ4v) is 2.24. The van der Waals surface area contributed by atoms with Crippen LogP contribution in [0.3, 0.4) is 0 Å². The number of benzene rings is 2. The molecule has 0 atom stereocenters. The minimum atomic E-state index is -0.530. The second kappa shape index (κ2) is 5.63. The van der Waals surface area contributed by atoms with Crippen LogP contribution in [-0.4, -0.2) is 17.2 Å². The molecule has 0 bridgehead atoms. The minimum absolute atomic E-state index is 0.174. The molecule has 3 aromatic rings. The molecule has 0 unspecified atom stereocenters. The van der Waals surface area contributed by atoms with Crippen molar-refractivity contribution in [1.82, 2.24) is 4.98 Å². The number of aromatic amines is 1. The third kappa shape index (κ3) is 2.56. The Kier molecular flexibility index (Phi) is 3.51. The van der Waals surface area contributed by atoms with Crippen molar-refractivity contribution < 1.29 is 14.3 Å². The van der Waals surface area contributed by atoms with Crippen LogP contribution in [-0.2, 0) is 11.3 Å². The summed E-state index contributed by atoms with van der Waals surface area (Å²) in [5, 5.41) is 0.721. The van der Waals surface area contributed by atoms with Crippen molar-refractivity contribution in [1.29, 1.82) is 0 Å². The zero-order valence-electron chi connectivity index (χ0n) is 11.2. The van der Waals surface area contributed by atoms with Crippen LogP contribution in [0.1, 0.15) is 26.4 Å². The number of carbonyl (C=O) groups excluding carboxylic acids is 2. The van der Waals surface area contributed by atoms with Gasteiger partial charge in [-0.2, -0.15) is 0 Å². The molecule has 0 spiro atoms. The van der Waals surface area contributed by atoms with Crippen molar-refractivity contribution in [2.24, 2.45) is 0 Å². The zero-order chi connectivity index (χ0) is 14.7. The first kappa shape index (κ1) is 13.1. The van der Waals surface area contributed by atoms with E-state index in [-0.39, 0.29) is 12.3 Å². The highest BCUT2D eigenvalue weighted by molar-refractivity contribution is 6.08. The lowest BCUT2D eigenvalue weighted by Gasteiger charge is -2.04. The molecule has 0 amide bonds. The van der Waals surface area contributed by atoms with E-state index < -0.39 is 5.97 Å². The summed E-state index contributed by atoms with van der Waals surface area (Å²) in [5.41, 5.74) is 2.17. The summed E-state index contributed by atoms with van der Waals surface area (Å²) in [4.78, 5) is 26.4. The molecule has 4 nitrogen and oxygen atoms in total. The van der Waals surface area contributed by atoms with Crippen molar-refractivity contribution in [2.75, 3.05) is 0 Å².